The van der Waals surface area contributed by atoms with Gasteiger partial charge in [-0.2, -0.15) is 0 Å². The molecule has 0 bridgehead atoms. The first kappa shape index (κ1) is 19.2. The molecule has 0 saturated heterocycles. The molecule has 2 heterocycles. The lowest BCUT2D eigenvalue weighted by molar-refractivity contribution is -0.0509. The van der Waals surface area contributed by atoms with Gasteiger partial charge in [0.05, 0.1) is 18.0 Å². The molecule has 2 N–H and O–H groups in total. The second-order valence-electron chi connectivity index (χ2n) is 7.29. The van der Waals surface area contributed by atoms with Gasteiger partial charge < -0.3 is 23.8 Å². The maximum atomic E-state index is 11.6. The van der Waals surface area contributed by atoms with E-state index in [1.807, 2.05) is 25.1 Å². The van der Waals surface area contributed by atoms with E-state index in [1.54, 1.807) is 26.2 Å². The van der Waals surface area contributed by atoms with Gasteiger partial charge in [0, 0.05) is 16.8 Å². The summed E-state index contributed by atoms with van der Waals surface area (Å²) in [7, 11) is 0. The van der Waals surface area contributed by atoms with Crippen LogP contribution in [-0.2, 0) is 0 Å². The Kier molecular flexibility index (Phi) is 5.39. The first-order chi connectivity index (χ1) is 12.8. The van der Waals surface area contributed by atoms with Crippen LogP contribution in [0.2, 0.25) is 0 Å². The number of aliphatic hydroxyl groups is 2. The number of hydrogen-bond donors (Lipinski definition) is 2. The summed E-state index contributed by atoms with van der Waals surface area (Å²) >= 11 is 0. The molecule has 6 heteroatoms. The maximum absolute atomic E-state index is 11.6. The standard InChI is InChI=1S/C21H24O6/c1-13(4-6-16(22)21(2,3)24)8-10-26-20-18-15(9-11-25-18)12-14-5-7-17(23)27-19(14)20/h5,7-9,11-12,16,22,24H,4,6,10H2,1-3H3/t16-/m1/s1. The van der Waals surface area contributed by atoms with E-state index in [0.29, 0.717) is 29.8 Å². The summed E-state index contributed by atoms with van der Waals surface area (Å²) in [5.74, 6) is 0.394. The van der Waals surface area contributed by atoms with Crippen LogP contribution in [0.1, 0.15) is 33.6 Å². The summed E-state index contributed by atoms with van der Waals surface area (Å²) in [5, 5.41) is 21.3. The average Bonchev–Trinajstić information content (AvgIpc) is 3.06. The molecule has 1 atom stereocenters. The van der Waals surface area contributed by atoms with Crippen molar-refractivity contribution in [3.8, 4) is 5.75 Å². The second kappa shape index (κ2) is 7.58. The van der Waals surface area contributed by atoms with E-state index in [0.717, 1.165) is 16.3 Å². The van der Waals surface area contributed by atoms with E-state index in [2.05, 4.69) is 0 Å². The van der Waals surface area contributed by atoms with Crippen molar-refractivity contribution >= 4 is 21.9 Å². The lowest BCUT2D eigenvalue weighted by atomic mass is 9.96. The molecule has 0 unspecified atom stereocenters. The molecule has 3 aromatic rings. The Hall–Kier alpha value is -2.57. The van der Waals surface area contributed by atoms with Gasteiger partial charge in [-0.05, 0) is 57.9 Å². The highest BCUT2D eigenvalue weighted by Gasteiger charge is 2.23. The second-order valence-corrected chi connectivity index (χ2v) is 7.29. The molecule has 0 spiro atoms. The first-order valence-corrected chi connectivity index (χ1v) is 8.88. The Bertz CT molecular complexity index is 1020. The van der Waals surface area contributed by atoms with Gasteiger partial charge in [0.1, 0.15) is 6.61 Å². The quantitative estimate of drug-likeness (QED) is 0.484. The third-order valence-electron chi connectivity index (χ3n) is 4.57. The molecule has 27 heavy (non-hydrogen) atoms. The van der Waals surface area contributed by atoms with Crippen LogP contribution in [0.5, 0.6) is 5.75 Å². The normalized spacial score (nSPS) is 14.0. The third kappa shape index (κ3) is 4.40. The van der Waals surface area contributed by atoms with Crippen molar-refractivity contribution in [2.75, 3.05) is 6.61 Å². The average molecular weight is 372 g/mol. The highest BCUT2D eigenvalue weighted by Crippen LogP contribution is 2.35. The Morgan fingerprint density at radius 1 is 1.26 bits per heavy atom. The van der Waals surface area contributed by atoms with E-state index in [1.165, 1.54) is 6.07 Å². The highest BCUT2D eigenvalue weighted by molar-refractivity contribution is 5.99. The summed E-state index contributed by atoms with van der Waals surface area (Å²) in [5.41, 5.74) is 0.331. The molecule has 6 nitrogen and oxygen atoms in total. The van der Waals surface area contributed by atoms with Crippen molar-refractivity contribution in [2.45, 2.75) is 45.3 Å². The molecular weight excluding hydrogens is 348 g/mol. The molecule has 0 amide bonds. The van der Waals surface area contributed by atoms with Crippen molar-refractivity contribution in [3.63, 3.8) is 0 Å². The predicted molar refractivity (Wildman–Crippen MR) is 103 cm³/mol. The van der Waals surface area contributed by atoms with Gasteiger partial charge in [0.25, 0.3) is 0 Å². The molecule has 0 aliphatic rings. The van der Waals surface area contributed by atoms with Crippen molar-refractivity contribution in [2.24, 2.45) is 0 Å². The fourth-order valence-electron chi connectivity index (χ4n) is 2.82. The van der Waals surface area contributed by atoms with Crippen LogP contribution in [-0.4, -0.2) is 28.5 Å². The van der Waals surface area contributed by atoms with Crippen LogP contribution in [0.3, 0.4) is 0 Å². The largest absolute Gasteiger partial charge is 0.482 e. The molecular formula is C21H24O6. The van der Waals surface area contributed by atoms with Crippen molar-refractivity contribution in [3.05, 3.63) is 52.6 Å². The topological polar surface area (TPSA) is 93.0 Å². The number of ether oxygens (including phenoxy) is 1. The molecule has 0 aliphatic heterocycles. The fourth-order valence-corrected chi connectivity index (χ4v) is 2.82. The fraction of sp³-hybridized carbons (Fsp3) is 0.381. The number of hydrogen-bond acceptors (Lipinski definition) is 6. The van der Waals surface area contributed by atoms with Crippen LogP contribution >= 0.6 is 0 Å². The summed E-state index contributed by atoms with van der Waals surface area (Å²) < 4.78 is 16.7. The van der Waals surface area contributed by atoms with Crippen LogP contribution in [0, 0.1) is 0 Å². The van der Waals surface area contributed by atoms with Gasteiger partial charge in [0.15, 0.2) is 11.2 Å². The number of fused-ring (bicyclic) bond motifs is 2. The Morgan fingerprint density at radius 3 is 2.74 bits per heavy atom. The Balaban J connectivity index is 1.77. The van der Waals surface area contributed by atoms with E-state index in [9.17, 15) is 15.0 Å². The van der Waals surface area contributed by atoms with Crippen molar-refractivity contribution in [1.82, 2.24) is 0 Å². The van der Waals surface area contributed by atoms with E-state index < -0.39 is 17.3 Å². The van der Waals surface area contributed by atoms with Gasteiger partial charge in [-0.1, -0.05) is 5.57 Å². The molecule has 1 aromatic carbocycles. The lowest BCUT2D eigenvalue weighted by Crippen LogP contribution is -2.35. The monoisotopic (exact) mass is 372 g/mol. The smallest absolute Gasteiger partial charge is 0.336 e. The van der Waals surface area contributed by atoms with E-state index >= 15 is 0 Å². The highest BCUT2D eigenvalue weighted by atomic mass is 16.5. The van der Waals surface area contributed by atoms with Crippen molar-refractivity contribution < 1.29 is 23.8 Å². The molecule has 0 fully saturated rings. The summed E-state index contributed by atoms with van der Waals surface area (Å²) in [4.78, 5) is 11.6. The van der Waals surface area contributed by atoms with Gasteiger partial charge in [-0.15, -0.1) is 0 Å². The number of aliphatic hydroxyl groups excluding tert-OH is 1. The van der Waals surface area contributed by atoms with Crippen LogP contribution in [0.25, 0.3) is 21.9 Å². The molecule has 2 aromatic heterocycles. The summed E-state index contributed by atoms with van der Waals surface area (Å²) in [6.07, 6.45) is 3.75. The first-order valence-electron chi connectivity index (χ1n) is 8.88. The predicted octanol–water partition coefficient (Wildman–Crippen LogP) is 3.78. The van der Waals surface area contributed by atoms with Crippen LogP contribution in [0.4, 0.5) is 0 Å². The third-order valence-corrected chi connectivity index (χ3v) is 4.57. The van der Waals surface area contributed by atoms with Gasteiger partial charge in [-0.3, -0.25) is 0 Å². The van der Waals surface area contributed by atoms with Gasteiger partial charge in [0.2, 0.25) is 5.75 Å². The summed E-state index contributed by atoms with van der Waals surface area (Å²) in [6.45, 7) is 5.37. The minimum absolute atomic E-state index is 0.262. The van der Waals surface area contributed by atoms with E-state index in [4.69, 9.17) is 13.6 Å². The maximum Gasteiger partial charge on any atom is 0.336 e. The SMILES string of the molecule is CC(=CCOc1c2occc2cc2ccc(=O)oc12)CC[C@@H](O)C(C)(C)O. The molecule has 0 aliphatic carbocycles. The minimum Gasteiger partial charge on any atom is -0.482 e. The van der Waals surface area contributed by atoms with Gasteiger partial charge in [-0.25, -0.2) is 4.79 Å². The van der Waals surface area contributed by atoms with Crippen LogP contribution in [0.15, 0.2) is 55.8 Å². The molecule has 3 rings (SSSR count). The Labute approximate surface area is 156 Å². The van der Waals surface area contributed by atoms with Gasteiger partial charge >= 0.3 is 5.63 Å². The number of allylic oxidation sites excluding steroid dienone is 1. The molecule has 0 radical (unpaired) electrons. The zero-order valence-corrected chi connectivity index (χ0v) is 15.7. The molecule has 0 saturated carbocycles. The summed E-state index contributed by atoms with van der Waals surface area (Å²) in [6, 6.07) is 6.77. The minimum atomic E-state index is -1.12. The zero-order chi connectivity index (χ0) is 19.6. The van der Waals surface area contributed by atoms with Crippen LogP contribution < -0.4 is 10.4 Å². The molecule has 144 valence electrons. The van der Waals surface area contributed by atoms with E-state index in [-0.39, 0.29) is 6.61 Å². The lowest BCUT2D eigenvalue weighted by Gasteiger charge is -2.24. The number of furan rings is 1. The zero-order valence-electron chi connectivity index (χ0n) is 15.7. The number of benzene rings is 1. The van der Waals surface area contributed by atoms with Crippen molar-refractivity contribution in [1.29, 1.82) is 0 Å². The Morgan fingerprint density at radius 2 is 2.00 bits per heavy atom. The number of rotatable bonds is 7.